The summed E-state index contributed by atoms with van der Waals surface area (Å²) in [6, 6.07) is 14.3. The molecule has 7 nitrogen and oxygen atoms in total. The summed E-state index contributed by atoms with van der Waals surface area (Å²) >= 11 is 0. The molecule has 3 heterocycles. The summed E-state index contributed by atoms with van der Waals surface area (Å²) in [6.07, 6.45) is 3.01. The highest BCUT2D eigenvalue weighted by molar-refractivity contribution is 5.94. The number of hydrogen-bond acceptors (Lipinski definition) is 4. The van der Waals surface area contributed by atoms with Crippen LogP contribution in [-0.4, -0.2) is 45.8 Å². The van der Waals surface area contributed by atoms with E-state index in [0.29, 0.717) is 0 Å². The Morgan fingerprint density at radius 1 is 1.15 bits per heavy atom. The normalized spacial score (nSPS) is 18.5. The van der Waals surface area contributed by atoms with E-state index in [1.54, 1.807) is 0 Å². The molecule has 0 bridgehead atoms. The lowest BCUT2D eigenvalue weighted by Crippen LogP contribution is -2.41. The first-order valence-corrected chi connectivity index (χ1v) is 11.8. The molecule has 2 aromatic carbocycles. The van der Waals surface area contributed by atoms with E-state index in [9.17, 15) is 4.79 Å². The molecule has 172 valence electrons. The summed E-state index contributed by atoms with van der Waals surface area (Å²) < 4.78 is 2.31. The van der Waals surface area contributed by atoms with Crippen LogP contribution in [0.15, 0.2) is 42.5 Å². The third-order valence-corrected chi connectivity index (χ3v) is 7.17. The number of amidine groups is 1. The first kappa shape index (κ1) is 21.6. The summed E-state index contributed by atoms with van der Waals surface area (Å²) in [5.41, 5.74) is 10.0. The zero-order chi connectivity index (χ0) is 23.2. The Bertz CT molecular complexity index is 1200. The standard InChI is InChI=1S/C26H32N6O/c1-26(2,25(33)31-12-3-4-13-31)19-9-10-22-20(16-19)30-24-21(29-11-14-32(22)24)15-17-5-7-18(8-6-17)23(27)28/h5-10,16,21,29H,3-4,11-15H2,1-2H3,(H3,27,28). The van der Waals surface area contributed by atoms with Crippen LogP contribution < -0.4 is 11.1 Å². The molecule has 0 saturated carbocycles. The van der Waals surface area contributed by atoms with Crippen LogP contribution in [0.4, 0.5) is 0 Å². The van der Waals surface area contributed by atoms with Crippen LogP contribution in [0.5, 0.6) is 0 Å². The third-order valence-electron chi connectivity index (χ3n) is 7.17. The maximum Gasteiger partial charge on any atom is 0.232 e. The van der Waals surface area contributed by atoms with E-state index in [0.717, 1.165) is 73.4 Å². The van der Waals surface area contributed by atoms with Crippen molar-refractivity contribution in [3.63, 3.8) is 0 Å². The van der Waals surface area contributed by atoms with Crippen molar-refractivity contribution in [2.45, 2.75) is 51.1 Å². The van der Waals surface area contributed by atoms with Crippen LogP contribution in [0.1, 0.15) is 55.2 Å². The number of nitrogen functional groups attached to an aromatic ring is 1. The van der Waals surface area contributed by atoms with Gasteiger partial charge in [0.15, 0.2) is 0 Å². The summed E-state index contributed by atoms with van der Waals surface area (Å²) in [4.78, 5) is 20.2. The molecule has 0 spiro atoms. The van der Waals surface area contributed by atoms with Crippen molar-refractivity contribution >= 4 is 22.8 Å². The van der Waals surface area contributed by atoms with Gasteiger partial charge in [0.2, 0.25) is 5.91 Å². The molecule has 1 saturated heterocycles. The van der Waals surface area contributed by atoms with Crippen LogP contribution in [-0.2, 0) is 23.2 Å². The highest BCUT2D eigenvalue weighted by atomic mass is 16.2. The lowest BCUT2D eigenvalue weighted by atomic mass is 9.83. The van der Waals surface area contributed by atoms with E-state index in [-0.39, 0.29) is 17.8 Å². The number of fused-ring (bicyclic) bond motifs is 3. The molecule has 2 aliphatic rings. The topological polar surface area (TPSA) is 100 Å². The maximum absolute atomic E-state index is 13.2. The minimum atomic E-state index is -0.571. The van der Waals surface area contributed by atoms with Gasteiger partial charge in [0, 0.05) is 31.7 Å². The number of rotatable bonds is 5. The van der Waals surface area contributed by atoms with Crippen LogP contribution in [0.3, 0.4) is 0 Å². The van der Waals surface area contributed by atoms with Crippen molar-refractivity contribution < 1.29 is 4.79 Å². The molecule has 3 aromatic rings. The highest BCUT2D eigenvalue weighted by Crippen LogP contribution is 2.32. The van der Waals surface area contributed by atoms with Crippen molar-refractivity contribution in [2.75, 3.05) is 19.6 Å². The Morgan fingerprint density at radius 2 is 1.88 bits per heavy atom. The Hall–Kier alpha value is -3.19. The molecule has 0 radical (unpaired) electrons. The zero-order valence-electron chi connectivity index (χ0n) is 19.4. The molecule has 1 unspecified atom stereocenters. The molecule has 1 amide bonds. The van der Waals surface area contributed by atoms with Gasteiger partial charge >= 0.3 is 0 Å². The smallest absolute Gasteiger partial charge is 0.232 e. The number of hydrogen-bond donors (Lipinski definition) is 3. The molecular weight excluding hydrogens is 412 g/mol. The van der Waals surface area contributed by atoms with Crippen LogP contribution in [0.2, 0.25) is 0 Å². The Labute approximate surface area is 194 Å². The molecule has 33 heavy (non-hydrogen) atoms. The SMILES string of the molecule is CC(C)(C(=O)N1CCCC1)c1ccc2c(c1)nc1n2CCNC1Cc1ccc(C(=N)N)cc1. The number of imidazole rings is 1. The van der Waals surface area contributed by atoms with Gasteiger partial charge in [-0.2, -0.15) is 0 Å². The van der Waals surface area contributed by atoms with Gasteiger partial charge in [-0.05, 0) is 56.4 Å². The number of nitrogens with zero attached hydrogens (tertiary/aromatic N) is 3. The monoisotopic (exact) mass is 444 g/mol. The molecule has 1 aromatic heterocycles. The van der Waals surface area contributed by atoms with Crippen LogP contribution in [0.25, 0.3) is 11.0 Å². The van der Waals surface area contributed by atoms with E-state index in [1.807, 2.05) is 43.0 Å². The average molecular weight is 445 g/mol. The molecule has 1 fully saturated rings. The van der Waals surface area contributed by atoms with Gasteiger partial charge in [0.25, 0.3) is 0 Å². The number of amides is 1. The van der Waals surface area contributed by atoms with Gasteiger partial charge in [0.1, 0.15) is 11.7 Å². The van der Waals surface area contributed by atoms with Gasteiger partial charge in [-0.1, -0.05) is 30.3 Å². The fourth-order valence-corrected chi connectivity index (χ4v) is 5.14. The van der Waals surface area contributed by atoms with Crippen LogP contribution in [0, 0.1) is 5.41 Å². The van der Waals surface area contributed by atoms with Gasteiger partial charge < -0.3 is 20.5 Å². The molecular formula is C26H32N6O. The minimum Gasteiger partial charge on any atom is -0.384 e. The lowest BCUT2D eigenvalue weighted by molar-refractivity contribution is -0.135. The quantitative estimate of drug-likeness (QED) is 0.416. The zero-order valence-corrected chi connectivity index (χ0v) is 19.4. The highest BCUT2D eigenvalue weighted by Gasteiger charge is 2.35. The minimum absolute atomic E-state index is 0.0843. The number of benzene rings is 2. The third kappa shape index (κ3) is 3.91. The van der Waals surface area contributed by atoms with Crippen molar-refractivity contribution in [3.05, 3.63) is 65.0 Å². The number of nitrogens with one attached hydrogen (secondary N) is 2. The van der Waals surface area contributed by atoms with Crippen LogP contribution >= 0.6 is 0 Å². The first-order chi connectivity index (χ1) is 15.8. The van der Waals surface area contributed by atoms with E-state index in [2.05, 4.69) is 28.1 Å². The van der Waals surface area contributed by atoms with Gasteiger partial charge in [-0.15, -0.1) is 0 Å². The number of likely N-dealkylation sites (tertiary alicyclic amines) is 1. The molecule has 4 N–H and O–H groups in total. The number of carbonyl (C=O) groups is 1. The second kappa shape index (κ2) is 8.30. The second-order valence-corrected chi connectivity index (χ2v) is 9.77. The second-order valence-electron chi connectivity index (χ2n) is 9.77. The van der Waals surface area contributed by atoms with E-state index in [4.69, 9.17) is 16.1 Å². The molecule has 0 aliphatic carbocycles. The Morgan fingerprint density at radius 3 is 2.58 bits per heavy atom. The molecule has 2 aliphatic heterocycles. The predicted octanol–water partition coefficient (Wildman–Crippen LogP) is 3.11. The Balaban J connectivity index is 1.44. The number of nitrogens with two attached hydrogens (primary N) is 1. The largest absolute Gasteiger partial charge is 0.384 e. The van der Waals surface area contributed by atoms with Gasteiger partial charge in [0.05, 0.1) is 22.5 Å². The van der Waals surface area contributed by atoms with E-state index in [1.165, 1.54) is 5.56 Å². The fraction of sp³-hybridized carbons (Fsp3) is 0.423. The van der Waals surface area contributed by atoms with Crippen molar-refractivity contribution in [1.29, 1.82) is 5.41 Å². The summed E-state index contributed by atoms with van der Waals surface area (Å²) in [5.74, 6) is 1.32. The van der Waals surface area contributed by atoms with Crippen molar-refractivity contribution in [2.24, 2.45) is 5.73 Å². The fourth-order valence-electron chi connectivity index (χ4n) is 5.14. The van der Waals surface area contributed by atoms with Gasteiger partial charge in [-0.3, -0.25) is 10.2 Å². The van der Waals surface area contributed by atoms with E-state index >= 15 is 0 Å². The van der Waals surface area contributed by atoms with Crippen molar-refractivity contribution in [1.82, 2.24) is 19.8 Å². The average Bonchev–Trinajstić information content (AvgIpc) is 3.47. The molecule has 1 atom stereocenters. The molecule has 7 heteroatoms. The van der Waals surface area contributed by atoms with E-state index < -0.39 is 5.41 Å². The predicted molar refractivity (Wildman–Crippen MR) is 130 cm³/mol. The van der Waals surface area contributed by atoms with Gasteiger partial charge in [-0.25, -0.2) is 4.98 Å². The summed E-state index contributed by atoms with van der Waals surface area (Å²) in [6.45, 7) is 7.55. The Kier molecular flexibility index (Phi) is 5.44. The number of aromatic nitrogens is 2. The lowest BCUT2D eigenvalue weighted by Gasteiger charge is -2.29. The first-order valence-electron chi connectivity index (χ1n) is 11.8. The summed E-state index contributed by atoms with van der Waals surface area (Å²) in [7, 11) is 0. The maximum atomic E-state index is 13.2. The van der Waals surface area contributed by atoms with Crippen molar-refractivity contribution in [3.8, 4) is 0 Å². The number of carbonyl (C=O) groups excluding carboxylic acids is 1. The summed E-state index contributed by atoms with van der Waals surface area (Å²) in [5, 5.41) is 11.2. The molecule has 5 rings (SSSR count).